The Hall–Kier alpha value is -1.93. The Balaban J connectivity index is 1.18. The van der Waals surface area contributed by atoms with Crippen LogP contribution in [0.5, 0.6) is 0 Å². The Bertz CT molecular complexity index is 769. The van der Waals surface area contributed by atoms with Crippen molar-refractivity contribution in [3.63, 3.8) is 0 Å². The maximum absolute atomic E-state index is 13.3. The Morgan fingerprint density at radius 2 is 1.97 bits per heavy atom. The summed E-state index contributed by atoms with van der Waals surface area (Å²) in [4.78, 5) is 40.5. The van der Waals surface area contributed by atoms with Crippen LogP contribution in [0.3, 0.4) is 0 Å². The highest BCUT2D eigenvalue weighted by atomic mass is 16.2. The molecule has 4 heterocycles. The first-order valence-corrected chi connectivity index (χ1v) is 12.5. The minimum Gasteiger partial charge on any atom is -0.348 e. The van der Waals surface area contributed by atoms with Gasteiger partial charge in [0.1, 0.15) is 6.04 Å². The van der Waals surface area contributed by atoms with Crippen LogP contribution in [0, 0.1) is 5.92 Å². The molecule has 32 heavy (non-hydrogen) atoms. The Kier molecular flexibility index (Phi) is 6.25. The van der Waals surface area contributed by atoms with Gasteiger partial charge in [-0.05, 0) is 45.1 Å². The van der Waals surface area contributed by atoms with E-state index >= 15 is 0 Å². The summed E-state index contributed by atoms with van der Waals surface area (Å²) >= 11 is 0. The lowest BCUT2D eigenvalue weighted by Gasteiger charge is -2.41. The molecule has 8 nitrogen and oxygen atoms in total. The number of nitrogens with zero attached hydrogens (tertiary/aromatic N) is 4. The smallest absolute Gasteiger partial charge is 0.243 e. The van der Waals surface area contributed by atoms with Crippen LogP contribution in [0.4, 0.5) is 0 Å². The van der Waals surface area contributed by atoms with Crippen molar-refractivity contribution in [3.05, 3.63) is 18.2 Å². The number of nitrogens with one attached hydrogen (secondary N) is 2. The fraction of sp³-hybridized carbons (Fsp3) is 0.792. The van der Waals surface area contributed by atoms with Gasteiger partial charge >= 0.3 is 0 Å². The molecular formula is C24H38N6O2. The highest BCUT2D eigenvalue weighted by Crippen LogP contribution is 2.34. The van der Waals surface area contributed by atoms with Crippen molar-refractivity contribution in [1.82, 2.24) is 30.0 Å². The molecule has 1 saturated carbocycles. The Labute approximate surface area is 191 Å². The van der Waals surface area contributed by atoms with Crippen LogP contribution in [-0.4, -0.2) is 87.3 Å². The number of hydrogen-bond donors (Lipinski definition) is 2. The normalized spacial score (nSPS) is 29.4. The maximum atomic E-state index is 13.3. The number of hydrogen-bond acceptors (Lipinski definition) is 5. The quantitative estimate of drug-likeness (QED) is 0.726. The van der Waals surface area contributed by atoms with Gasteiger partial charge < -0.3 is 20.1 Å². The topological polar surface area (TPSA) is 84.6 Å². The van der Waals surface area contributed by atoms with E-state index in [1.54, 1.807) is 6.33 Å². The van der Waals surface area contributed by atoms with Crippen molar-refractivity contribution in [2.45, 2.75) is 82.0 Å². The molecule has 3 aliphatic heterocycles. The Morgan fingerprint density at radius 1 is 1.19 bits per heavy atom. The number of aromatic nitrogens is 2. The Morgan fingerprint density at radius 3 is 2.69 bits per heavy atom. The van der Waals surface area contributed by atoms with Crippen molar-refractivity contribution in [2.75, 3.05) is 33.2 Å². The summed E-state index contributed by atoms with van der Waals surface area (Å²) in [6.45, 7) is 4.38. The summed E-state index contributed by atoms with van der Waals surface area (Å²) in [5.74, 6) is 0.990. The number of carbonyl (C=O) groups excluding carboxylic acids is 2. The fourth-order valence-electron chi connectivity index (χ4n) is 6.42. The van der Waals surface area contributed by atoms with Crippen LogP contribution in [0.1, 0.15) is 63.5 Å². The molecular weight excluding hydrogens is 404 g/mol. The molecule has 2 atom stereocenters. The van der Waals surface area contributed by atoms with E-state index in [9.17, 15) is 9.59 Å². The van der Waals surface area contributed by atoms with E-state index in [1.807, 2.05) is 11.1 Å². The molecule has 2 amide bonds. The number of aromatic amines is 1. The van der Waals surface area contributed by atoms with E-state index in [4.69, 9.17) is 0 Å². The van der Waals surface area contributed by atoms with Crippen molar-refractivity contribution in [2.24, 2.45) is 5.92 Å². The summed E-state index contributed by atoms with van der Waals surface area (Å²) in [6.07, 6.45) is 13.1. The standard InChI is InChI=1S/C24H38N6O2/c1-28(14-18-5-3-2-4-6-18)20-11-21-23(32)27-24(12-22(31)30(21)16-20)7-9-29(10-8-24)15-19-13-25-17-26-19/h13,17-18,20-21H,2-12,14-16H2,1H3,(H,25,26)(H,27,32)/t20-,21-/m0/s1. The molecule has 0 radical (unpaired) electrons. The van der Waals surface area contributed by atoms with Crippen molar-refractivity contribution in [1.29, 1.82) is 0 Å². The van der Waals surface area contributed by atoms with Gasteiger partial charge in [0.25, 0.3) is 0 Å². The molecule has 4 fully saturated rings. The van der Waals surface area contributed by atoms with Crippen LogP contribution in [0.25, 0.3) is 0 Å². The number of amides is 2. The van der Waals surface area contributed by atoms with Gasteiger partial charge in [0.15, 0.2) is 0 Å². The predicted molar refractivity (Wildman–Crippen MR) is 122 cm³/mol. The van der Waals surface area contributed by atoms with Crippen LogP contribution >= 0.6 is 0 Å². The molecule has 1 aliphatic carbocycles. The van der Waals surface area contributed by atoms with Crippen LogP contribution in [-0.2, 0) is 16.1 Å². The molecule has 2 N–H and O–H groups in total. The number of piperidine rings is 1. The summed E-state index contributed by atoms with van der Waals surface area (Å²) in [6, 6.07) is -0.00867. The second-order valence-electron chi connectivity index (χ2n) is 10.7. The van der Waals surface area contributed by atoms with E-state index in [0.29, 0.717) is 19.0 Å². The largest absolute Gasteiger partial charge is 0.348 e. The minimum atomic E-state index is -0.382. The molecule has 8 heteroatoms. The van der Waals surface area contributed by atoms with Gasteiger partial charge in [-0.15, -0.1) is 0 Å². The van der Waals surface area contributed by atoms with Crippen molar-refractivity contribution >= 4 is 11.8 Å². The number of fused-ring (bicyclic) bond motifs is 1. The van der Waals surface area contributed by atoms with Crippen molar-refractivity contribution < 1.29 is 9.59 Å². The molecule has 0 bridgehead atoms. The molecule has 5 rings (SSSR count). The predicted octanol–water partition coefficient (Wildman–Crippen LogP) is 1.75. The third-order valence-corrected chi connectivity index (χ3v) is 8.44. The van der Waals surface area contributed by atoms with Crippen molar-refractivity contribution in [3.8, 4) is 0 Å². The SMILES string of the molecule is CN(CC1CCCCC1)[C@H]1C[C@H]2C(=O)NC3(CCN(Cc4cnc[nH]4)CC3)CC(=O)N2C1. The molecule has 3 saturated heterocycles. The van der Waals surface area contributed by atoms with Crippen LogP contribution in [0.2, 0.25) is 0 Å². The number of likely N-dealkylation sites (tertiary alicyclic amines) is 1. The van der Waals surface area contributed by atoms with Gasteiger partial charge in [-0.2, -0.15) is 0 Å². The van der Waals surface area contributed by atoms with E-state index in [2.05, 4.69) is 32.1 Å². The van der Waals surface area contributed by atoms with Crippen LogP contribution < -0.4 is 5.32 Å². The number of imidazole rings is 1. The zero-order valence-corrected chi connectivity index (χ0v) is 19.4. The molecule has 0 aromatic carbocycles. The zero-order valence-electron chi connectivity index (χ0n) is 19.4. The lowest BCUT2D eigenvalue weighted by Crippen LogP contribution is -2.56. The van der Waals surface area contributed by atoms with Gasteiger partial charge in [0.2, 0.25) is 11.8 Å². The number of rotatable bonds is 5. The van der Waals surface area contributed by atoms with Gasteiger partial charge in [-0.25, -0.2) is 4.98 Å². The average Bonchev–Trinajstić information content (AvgIpc) is 3.45. The maximum Gasteiger partial charge on any atom is 0.243 e. The highest BCUT2D eigenvalue weighted by Gasteiger charge is 2.49. The lowest BCUT2D eigenvalue weighted by molar-refractivity contribution is -0.135. The second kappa shape index (κ2) is 9.14. The molecule has 0 unspecified atom stereocenters. The third-order valence-electron chi connectivity index (χ3n) is 8.44. The van der Waals surface area contributed by atoms with E-state index < -0.39 is 0 Å². The number of H-pyrrole nitrogens is 1. The van der Waals surface area contributed by atoms with Gasteiger partial charge in [-0.3, -0.25) is 14.5 Å². The van der Waals surface area contributed by atoms with E-state index in [1.165, 1.54) is 32.1 Å². The third kappa shape index (κ3) is 4.57. The molecule has 4 aliphatic rings. The molecule has 176 valence electrons. The van der Waals surface area contributed by atoms with E-state index in [0.717, 1.165) is 57.1 Å². The number of likely N-dealkylation sites (N-methyl/N-ethyl adjacent to an activating group) is 1. The highest BCUT2D eigenvalue weighted by molar-refractivity contribution is 5.92. The summed E-state index contributed by atoms with van der Waals surface area (Å²) in [5.41, 5.74) is 0.720. The first kappa shape index (κ1) is 21.9. The van der Waals surface area contributed by atoms with E-state index in [-0.39, 0.29) is 23.4 Å². The fourth-order valence-corrected chi connectivity index (χ4v) is 6.42. The summed E-state index contributed by atoms with van der Waals surface area (Å²) in [7, 11) is 2.19. The zero-order chi connectivity index (χ0) is 22.1. The minimum absolute atomic E-state index is 0.0615. The average molecular weight is 443 g/mol. The molecule has 1 aromatic heterocycles. The van der Waals surface area contributed by atoms with Gasteiger partial charge in [0, 0.05) is 50.7 Å². The van der Waals surface area contributed by atoms with Crippen LogP contribution in [0.15, 0.2) is 12.5 Å². The summed E-state index contributed by atoms with van der Waals surface area (Å²) in [5, 5.41) is 3.35. The molecule has 1 spiro atoms. The lowest BCUT2D eigenvalue weighted by atomic mass is 9.84. The molecule has 1 aromatic rings. The number of carbonyl (C=O) groups is 2. The summed E-state index contributed by atoms with van der Waals surface area (Å²) < 4.78 is 0. The van der Waals surface area contributed by atoms with Gasteiger partial charge in [0.05, 0.1) is 18.3 Å². The monoisotopic (exact) mass is 442 g/mol. The van der Waals surface area contributed by atoms with Gasteiger partial charge in [-0.1, -0.05) is 19.3 Å². The second-order valence-corrected chi connectivity index (χ2v) is 10.7. The first-order valence-electron chi connectivity index (χ1n) is 12.5. The first-order chi connectivity index (χ1) is 15.5.